The molecule has 1 N–H and O–H groups in total. The zero-order chi connectivity index (χ0) is 13.2. The molecular weight excluding hydrogens is 239 g/mol. The van der Waals surface area contributed by atoms with Crippen LogP contribution in [-0.2, 0) is 11.0 Å². The highest BCUT2D eigenvalue weighted by Gasteiger charge is 2.32. The van der Waals surface area contributed by atoms with E-state index in [1.165, 1.54) is 7.11 Å². The van der Waals surface area contributed by atoms with E-state index >= 15 is 0 Å². The Morgan fingerprint density at radius 2 is 1.94 bits per heavy atom. The highest BCUT2D eigenvalue weighted by molar-refractivity contribution is 5.89. The quantitative estimate of drug-likeness (QED) is 0.647. The Labute approximate surface area is 95.2 Å². The number of halogens is 3. The molecule has 1 amide bonds. The summed E-state index contributed by atoms with van der Waals surface area (Å²) < 4.78 is 42.2. The summed E-state index contributed by atoms with van der Waals surface area (Å²) >= 11 is 0. The molecule has 94 valence electrons. The van der Waals surface area contributed by atoms with Crippen molar-refractivity contribution in [2.45, 2.75) is 13.1 Å². The zero-order valence-electron chi connectivity index (χ0n) is 9.08. The van der Waals surface area contributed by atoms with Crippen LogP contribution in [0.3, 0.4) is 0 Å². The second kappa shape index (κ2) is 4.62. The van der Waals surface area contributed by atoms with Crippen LogP contribution in [0.1, 0.15) is 12.5 Å². The normalized spacial score (nSPS) is 11.2. The monoisotopic (exact) mass is 249 g/mol. The molecule has 0 aromatic heterocycles. The van der Waals surface area contributed by atoms with Crippen molar-refractivity contribution in [3.63, 3.8) is 0 Å². The number of alkyl halides is 3. The predicted octanol–water partition coefficient (Wildman–Crippen LogP) is 2.46. The molecule has 7 heteroatoms. The minimum atomic E-state index is -4.58. The Hall–Kier alpha value is -1.76. The fraction of sp³-hybridized carbons (Fsp3) is 0.300. The molecule has 0 aliphatic rings. The number of carbonyl (C=O) groups excluding carboxylic acids is 1. The lowest BCUT2D eigenvalue weighted by molar-refractivity contribution is -0.137. The third-order valence-corrected chi connectivity index (χ3v) is 2.00. The van der Waals surface area contributed by atoms with Gasteiger partial charge in [0.25, 0.3) is 0 Å². The molecule has 0 aliphatic heterocycles. The maximum atomic E-state index is 12.5. The first kappa shape index (κ1) is 13.3. The largest absolute Gasteiger partial charge is 0.497 e. The average Bonchev–Trinajstić information content (AvgIpc) is 2.26. The number of ether oxygens (including phenoxy) is 1. The van der Waals surface area contributed by atoms with Crippen LogP contribution in [0.5, 0.6) is 5.75 Å². The SMILES string of the molecule is COc1cc(N(O)C(C)=O)cc(C(F)(F)F)c1. The highest BCUT2D eigenvalue weighted by Crippen LogP contribution is 2.34. The van der Waals surface area contributed by atoms with Crippen LogP contribution in [0.4, 0.5) is 18.9 Å². The van der Waals surface area contributed by atoms with Gasteiger partial charge in [-0.1, -0.05) is 0 Å². The number of hydroxylamine groups is 1. The van der Waals surface area contributed by atoms with Crippen molar-refractivity contribution in [3.05, 3.63) is 23.8 Å². The highest BCUT2D eigenvalue weighted by atomic mass is 19.4. The molecule has 0 heterocycles. The number of hydrogen-bond acceptors (Lipinski definition) is 3. The molecular formula is C10H10F3NO3. The van der Waals surface area contributed by atoms with Crippen LogP contribution >= 0.6 is 0 Å². The van der Waals surface area contributed by atoms with Gasteiger partial charge in [-0.2, -0.15) is 18.2 Å². The Bertz CT molecular complexity index is 431. The van der Waals surface area contributed by atoms with Crippen molar-refractivity contribution < 1.29 is 27.9 Å². The summed E-state index contributed by atoms with van der Waals surface area (Å²) in [6.45, 7) is 1.02. The van der Waals surface area contributed by atoms with Gasteiger partial charge >= 0.3 is 6.18 Å². The van der Waals surface area contributed by atoms with Crippen LogP contribution in [0, 0.1) is 0 Å². The molecule has 4 nitrogen and oxygen atoms in total. The van der Waals surface area contributed by atoms with E-state index in [-0.39, 0.29) is 16.5 Å². The lowest BCUT2D eigenvalue weighted by atomic mass is 10.1. The first-order valence-corrected chi connectivity index (χ1v) is 4.51. The number of hydrogen-bond donors (Lipinski definition) is 1. The van der Waals surface area contributed by atoms with Gasteiger partial charge in [0.2, 0.25) is 5.91 Å². The van der Waals surface area contributed by atoms with E-state index in [2.05, 4.69) is 4.74 Å². The molecule has 1 rings (SSSR count). The Morgan fingerprint density at radius 1 is 1.35 bits per heavy atom. The molecule has 0 unspecified atom stereocenters. The number of amides is 1. The molecule has 0 bridgehead atoms. The molecule has 0 radical (unpaired) electrons. The predicted molar refractivity (Wildman–Crippen MR) is 52.9 cm³/mol. The Balaban J connectivity index is 3.28. The molecule has 0 spiro atoms. The lowest BCUT2D eigenvalue weighted by Crippen LogP contribution is -2.24. The number of nitrogens with zero attached hydrogens (tertiary/aromatic N) is 1. The van der Waals surface area contributed by atoms with Gasteiger partial charge in [0.05, 0.1) is 18.4 Å². The van der Waals surface area contributed by atoms with Crippen molar-refractivity contribution in [2.24, 2.45) is 0 Å². The molecule has 0 atom stereocenters. The summed E-state index contributed by atoms with van der Waals surface area (Å²) in [5.74, 6) is -0.901. The fourth-order valence-electron chi connectivity index (χ4n) is 1.17. The van der Waals surface area contributed by atoms with Gasteiger partial charge in [0, 0.05) is 13.0 Å². The molecule has 0 saturated carbocycles. The van der Waals surface area contributed by atoms with Gasteiger partial charge in [-0.15, -0.1) is 0 Å². The third-order valence-electron chi connectivity index (χ3n) is 2.00. The summed E-state index contributed by atoms with van der Waals surface area (Å²) in [5, 5.41) is 9.39. The van der Waals surface area contributed by atoms with E-state index in [0.717, 1.165) is 19.1 Å². The van der Waals surface area contributed by atoms with Gasteiger partial charge in [-0.3, -0.25) is 10.0 Å². The first-order valence-electron chi connectivity index (χ1n) is 4.51. The van der Waals surface area contributed by atoms with Gasteiger partial charge in [-0.05, 0) is 12.1 Å². The summed E-state index contributed by atoms with van der Waals surface area (Å²) in [6.07, 6.45) is -4.58. The molecule has 0 aliphatic carbocycles. The van der Waals surface area contributed by atoms with Crippen molar-refractivity contribution in [3.8, 4) is 5.75 Å². The number of rotatable bonds is 2. The number of methoxy groups -OCH3 is 1. The van der Waals surface area contributed by atoms with Crippen molar-refractivity contribution in [1.29, 1.82) is 0 Å². The van der Waals surface area contributed by atoms with Gasteiger partial charge < -0.3 is 4.74 Å². The van der Waals surface area contributed by atoms with E-state index in [9.17, 15) is 23.2 Å². The lowest BCUT2D eigenvalue weighted by Gasteiger charge is -2.16. The zero-order valence-corrected chi connectivity index (χ0v) is 9.08. The third kappa shape index (κ3) is 3.10. The van der Waals surface area contributed by atoms with E-state index in [4.69, 9.17) is 0 Å². The summed E-state index contributed by atoms with van der Waals surface area (Å²) in [4.78, 5) is 10.9. The summed E-state index contributed by atoms with van der Waals surface area (Å²) in [7, 11) is 1.19. The number of carbonyl (C=O) groups is 1. The van der Waals surface area contributed by atoms with Crippen LogP contribution < -0.4 is 9.80 Å². The fourth-order valence-corrected chi connectivity index (χ4v) is 1.17. The maximum Gasteiger partial charge on any atom is 0.416 e. The van der Waals surface area contributed by atoms with Crippen molar-refractivity contribution in [1.82, 2.24) is 0 Å². The van der Waals surface area contributed by atoms with E-state index in [1.54, 1.807) is 0 Å². The van der Waals surface area contributed by atoms with Crippen LogP contribution in [0.2, 0.25) is 0 Å². The summed E-state index contributed by atoms with van der Waals surface area (Å²) in [5.41, 5.74) is -1.31. The second-order valence-electron chi connectivity index (χ2n) is 3.25. The Morgan fingerprint density at radius 3 is 2.35 bits per heavy atom. The van der Waals surface area contributed by atoms with Crippen molar-refractivity contribution >= 4 is 11.6 Å². The Kier molecular flexibility index (Phi) is 3.62. The first-order chi connectivity index (χ1) is 7.75. The van der Waals surface area contributed by atoms with Crippen LogP contribution in [0.15, 0.2) is 18.2 Å². The smallest absolute Gasteiger partial charge is 0.416 e. The van der Waals surface area contributed by atoms with E-state index in [1.807, 2.05) is 0 Å². The maximum absolute atomic E-state index is 12.5. The van der Waals surface area contributed by atoms with Gasteiger partial charge in [0.1, 0.15) is 5.75 Å². The van der Waals surface area contributed by atoms with Crippen molar-refractivity contribution in [2.75, 3.05) is 12.2 Å². The minimum Gasteiger partial charge on any atom is -0.497 e. The van der Waals surface area contributed by atoms with E-state index in [0.29, 0.717) is 6.07 Å². The molecule has 0 fully saturated rings. The molecule has 0 saturated heterocycles. The standard InChI is InChI=1S/C10H10F3NO3/c1-6(15)14(16)8-3-7(10(11,12)13)4-9(5-8)17-2/h3-5,16H,1-2H3. The van der Waals surface area contributed by atoms with Crippen LogP contribution in [-0.4, -0.2) is 18.2 Å². The minimum absolute atomic E-state index is 0.102. The average molecular weight is 249 g/mol. The van der Waals surface area contributed by atoms with E-state index < -0.39 is 17.6 Å². The second-order valence-corrected chi connectivity index (χ2v) is 3.25. The number of benzene rings is 1. The number of anilines is 1. The molecule has 1 aromatic rings. The topological polar surface area (TPSA) is 49.8 Å². The molecule has 17 heavy (non-hydrogen) atoms. The molecule has 1 aromatic carbocycles. The summed E-state index contributed by atoms with van der Waals surface area (Å²) in [6, 6.07) is 2.55. The van der Waals surface area contributed by atoms with Gasteiger partial charge in [0.15, 0.2) is 0 Å². The van der Waals surface area contributed by atoms with Gasteiger partial charge in [-0.25, -0.2) is 0 Å². The van der Waals surface area contributed by atoms with Crippen LogP contribution in [0.25, 0.3) is 0 Å².